The maximum Gasteiger partial charge on any atom is 0.250 e. The van der Waals surface area contributed by atoms with Gasteiger partial charge in [0, 0.05) is 23.2 Å². The van der Waals surface area contributed by atoms with Crippen LogP contribution in [0.1, 0.15) is 17.5 Å². The highest BCUT2D eigenvalue weighted by atomic mass is 79.9. The predicted molar refractivity (Wildman–Crippen MR) is 93.6 cm³/mol. The van der Waals surface area contributed by atoms with Crippen LogP contribution in [0.15, 0.2) is 28.7 Å². The van der Waals surface area contributed by atoms with Crippen molar-refractivity contribution in [3.05, 3.63) is 39.3 Å². The summed E-state index contributed by atoms with van der Waals surface area (Å²) in [6, 6.07) is 5.63. The highest BCUT2D eigenvalue weighted by Crippen LogP contribution is 2.24. The summed E-state index contributed by atoms with van der Waals surface area (Å²) in [7, 11) is 1.58. The van der Waals surface area contributed by atoms with Gasteiger partial charge in [-0.05, 0) is 31.2 Å². The van der Waals surface area contributed by atoms with Gasteiger partial charge in [0.25, 0.3) is 0 Å². The second-order valence-corrected chi connectivity index (χ2v) is 6.35. The third kappa shape index (κ3) is 5.42. The molecule has 1 aromatic heterocycles. The van der Waals surface area contributed by atoms with E-state index in [2.05, 4.69) is 31.4 Å². The van der Waals surface area contributed by atoms with Gasteiger partial charge in [-0.1, -0.05) is 27.3 Å². The first-order valence-corrected chi connectivity index (χ1v) is 8.46. The van der Waals surface area contributed by atoms with E-state index in [9.17, 15) is 4.79 Å². The van der Waals surface area contributed by atoms with Crippen molar-refractivity contribution in [2.75, 3.05) is 19.0 Å². The number of benzene rings is 1. The Balaban J connectivity index is 2.04. The lowest BCUT2D eigenvalue weighted by Crippen LogP contribution is -2.07. The van der Waals surface area contributed by atoms with Gasteiger partial charge in [0.05, 0.1) is 6.61 Å². The lowest BCUT2D eigenvalue weighted by molar-refractivity contribution is -0.111. The largest absolute Gasteiger partial charge is 0.493 e. The van der Waals surface area contributed by atoms with Crippen molar-refractivity contribution >= 4 is 44.4 Å². The van der Waals surface area contributed by atoms with E-state index in [-0.39, 0.29) is 5.91 Å². The molecule has 23 heavy (non-hydrogen) atoms. The molecule has 0 bridgehead atoms. The summed E-state index contributed by atoms with van der Waals surface area (Å²) in [5, 5.41) is 11.6. The van der Waals surface area contributed by atoms with Crippen LogP contribution in [0.2, 0.25) is 0 Å². The molecule has 8 heteroatoms. The Morgan fingerprint density at radius 1 is 1.43 bits per heavy atom. The average molecular weight is 398 g/mol. The van der Waals surface area contributed by atoms with Crippen molar-refractivity contribution in [2.45, 2.75) is 13.5 Å². The monoisotopic (exact) mass is 397 g/mol. The number of carbonyl (C=O) groups excluding carboxylic acids is 1. The van der Waals surface area contributed by atoms with Gasteiger partial charge in [-0.2, -0.15) is 0 Å². The molecule has 0 aliphatic heterocycles. The Labute approximate surface area is 146 Å². The first-order valence-electron chi connectivity index (χ1n) is 6.85. The van der Waals surface area contributed by atoms with E-state index in [0.29, 0.717) is 23.4 Å². The van der Waals surface area contributed by atoms with Crippen LogP contribution >= 0.6 is 27.3 Å². The van der Waals surface area contributed by atoms with Crippen LogP contribution in [0.5, 0.6) is 5.75 Å². The van der Waals surface area contributed by atoms with E-state index in [1.54, 1.807) is 13.2 Å². The number of anilines is 1. The van der Waals surface area contributed by atoms with Crippen molar-refractivity contribution in [3.8, 4) is 5.75 Å². The number of hydrogen-bond acceptors (Lipinski definition) is 6. The maximum atomic E-state index is 12.0. The zero-order chi connectivity index (χ0) is 16.7. The van der Waals surface area contributed by atoms with Crippen molar-refractivity contribution in [3.63, 3.8) is 0 Å². The van der Waals surface area contributed by atoms with Crippen LogP contribution in [0.3, 0.4) is 0 Å². The van der Waals surface area contributed by atoms with Crippen LogP contribution in [0, 0.1) is 0 Å². The number of amides is 1. The summed E-state index contributed by atoms with van der Waals surface area (Å²) in [4.78, 5) is 12.0. The molecule has 0 radical (unpaired) electrons. The lowest BCUT2D eigenvalue weighted by Gasteiger charge is -2.07. The number of carbonyl (C=O) groups is 1. The Morgan fingerprint density at radius 3 is 3.00 bits per heavy atom. The molecular formula is C15H16BrN3O3S. The van der Waals surface area contributed by atoms with Gasteiger partial charge in [-0.3, -0.25) is 10.1 Å². The summed E-state index contributed by atoms with van der Waals surface area (Å²) in [6.07, 6.45) is 3.13. The van der Waals surface area contributed by atoms with E-state index in [1.165, 1.54) is 17.4 Å². The molecule has 2 aromatic rings. The standard InChI is InChI=1S/C15H16BrN3O3S/c1-3-22-12-6-5-11(16)8-10(12)4-7-13(20)17-15-19-18-14(23-15)9-21-2/h4-8H,3,9H2,1-2H3,(H,17,19,20)/b7-4+. The third-order valence-corrected chi connectivity index (χ3v) is 3.96. The Morgan fingerprint density at radius 2 is 2.26 bits per heavy atom. The molecule has 0 spiro atoms. The molecule has 0 atom stereocenters. The topological polar surface area (TPSA) is 73.3 Å². The van der Waals surface area contributed by atoms with Crippen molar-refractivity contribution in [2.24, 2.45) is 0 Å². The summed E-state index contributed by atoms with van der Waals surface area (Å²) >= 11 is 4.68. The van der Waals surface area contributed by atoms with Crippen molar-refractivity contribution in [1.82, 2.24) is 10.2 Å². The number of hydrogen-bond donors (Lipinski definition) is 1. The fraction of sp³-hybridized carbons (Fsp3) is 0.267. The summed E-state index contributed by atoms with van der Waals surface area (Å²) in [5.74, 6) is 0.436. The van der Waals surface area contributed by atoms with Gasteiger partial charge in [-0.25, -0.2) is 0 Å². The second-order valence-electron chi connectivity index (χ2n) is 4.37. The normalized spacial score (nSPS) is 10.9. The van der Waals surface area contributed by atoms with E-state index in [1.807, 2.05) is 25.1 Å². The van der Waals surface area contributed by atoms with Crippen LogP contribution in [-0.4, -0.2) is 29.8 Å². The van der Waals surface area contributed by atoms with Gasteiger partial charge in [0.1, 0.15) is 17.4 Å². The Hall–Kier alpha value is -1.77. The van der Waals surface area contributed by atoms with E-state index in [0.717, 1.165) is 15.8 Å². The molecule has 0 aliphatic rings. The molecule has 0 saturated heterocycles. The first-order chi connectivity index (χ1) is 11.1. The minimum Gasteiger partial charge on any atom is -0.493 e. The van der Waals surface area contributed by atoms with Gasteiger partial charge in [-0.15, -0.1) is 10.2 Å². The molecule has 6 nitrogen and oxygen atoms in total. The van der Waals surface area contributed by atoms with Crippen molar-refractivity contribution < 1.29 is 14.3 Å². The van der Waals surface area contributed by atoms with Gasteiger partial charge < -0.3 is 9.47 Å². The Kier molecular flexibility index (Phi) is 6.69. The molecule has 2 rings (SSSR count). The van der Waals surface area contributed by atoms with Gasteiger partial charge >= 0.3 is 0 Å². The number of methoxy groups -OCH3 is 1. The van der Waals surface area contributed by atoms with E-state index in [4.69, 9.17) is 9.47 Å². The first kappa shape index (κ1) is 17.6. The third-order valence-electron chi connectivity index (χ3n) is 2.65. The SMILES string of the molecule is CCOc1ccc(Br)cc1/C=C/C(=O)Nc1nnc(COC)s1. The number of halogens is 1. The van der Waals surface area contributed by atoms with Crippen LogP contribution < -0.4 is 10.1 Å². The molecule has 1 aromatic carbocycles. The number of rotatable bonds is 7. The van der Waals surface area contributed by atoms with Gasteiger partial charge in [0.15, 0.2) is 0 Å². The molecule has 0 unspecified atom stereocenters. The summed E-state index contributed by atoms with van der Waals surface area (Å²) in [5.41, 5.74) is 0.814. The highest BCUT2D eigenvalue weighted by Gasteiger charge is 2.07. The molecule has 1 N–H and O–H groups in total. The quantitative estimate of drug-likeness (QED) is 0.723. The average Bonchev–Trinajstić information content (AvgIpc) is 2.95. The smallest absolute Gasteiger partial charge is 0.250 e. The van der Waals surface area contributed by atoms with Crippen molar-refractivity contribution in [1.29, 1.82) is 0 Å². The molecule has 0 fully saturated rings. The number of ether oxygens (including phenoxy) is 2. The van der Waals surface area contributed by atoms with E-state index < -0.39 is 0 Å². The van der Waals surface area contributed by atoms with E-state index >= 15 is 0 Å². The predicted octanol–water partition coefficient (Wildman–Crippen LogP) is 3.50. The lowest BCUT2D eigenvalue weighted by atomic mass is 10.2. The number of aromatic nitrogens is 2. The van der Waals surface area contributed by atoms with Gasteiger partial charge in [0.2, 0.25) is 11.0 Å². The molecule has 1 heterocycles. The maximum absolute atomic E-state index is 12.0. The fourth-order valence-electron chi connectivity index (χ4n) is 1.73. The Bertz CT molecular complexity index is 703. The second kappa shape index (κ2) is 8.76. The zero-order valence-electron chi connectivity index (χ0n) is 12.7. The zero-order valence-corrected chi connectivity index (χ0v) is 15.1. The van der Waals surface area contributed by atoms with Crippen LogP contribution in [0.25, 0.3) is 6.08 Å². The molecule has 0 saturated carbocycles. The minimum atomic E-state index is -0.285. The number of nitrogens with one attached hydrogen (secondary N) is 1. The molecule has 122 valence electrons. The highest BCUT2D eigenvalue weighted by molar-refractivity contribution is 9.10. The van der Waals surface area contributed by atoms with Crippen LogP contribution in [-0.2, 0) is 16.1 Å². The summed E-state index contributed by atoms with van der Waals surface area (Å²) in [6.45, 7) is 2.84. The molecule has 0 aliphatic carbocycles. The fourth-order valence-corrected chi connectivity index (χ4v) is 2.83. The summed E-state index contributed by atoms with van der Waals surface area (Å²) < 4.78 is 11.4. The molecule has 1 amide bonds. The molecular weight excluding hydrogens is 382 g/mol. The van der Waals surface area contributed by atoms with Crippen LogP contribution in [0.4, 0.5) is 5.13 Å². The minimum absolute atomic E-state index is 0.285. The number of nitrogens with zero attached hydrogens (tertiary/aromatic N) is 2.